The first-order valence-electron chi connectivity index (χ1n) is 13.9. The van der Waals surface area contributed by atoms with E-state index in [4.69, 9.17) is 25.7 Å². The predicted molar refractivity (Wildman–Crippen MR) is 168 cm³/mol. The van der Waals surface area contributed by atoms with Crippen molar-refractivity contribution >= 4 is 43.5 Å². The van der Waals surface area contributed by atoms with E-state index >= 15 is 0 Å². The predicted octanol–water partition coefficient (Wildman–Crippen LogP) is 7.18. The third-order valence-corrected chi connectivity index (χ3v) is 12.5. The topological polar surface area (TPSA) is 118 Å². The average Bonchev–Trinajstić information content (AvgIpc) is 3.36. The van der Waals surface area contributed by atoms with E-state index in [0.717, 1.165) is 11.1 Å². The van der Waals surface area contributed by atoms with Crippen molar-refractivity contribution in [3.05, 3.63) is 46.7 Å². The molecular formula is C30H40ClN7O3Si. The maximum Gasteiger partial charge on any atom is 0.414 e. The molecule has 3 heterocycles. The SMILES string of the molecule is Cn1nc(Cl)cc1Nc1nccc(-c2cc(C#N)c3c(c2)[C@@](C)(CO[Si](C)(C)C(C)(C)C)CN3C(=O)OC(C)(C)C)n1. The van der Waals surface area contributed by atoms with E-state index in [9.17, 15) is 10.1 Å². The van der Waals surface area contributed by atoms with Gasteiger partial charge in [0.05, 0.1) is 16.9 Å². The summed E-state index contributed by atoms with van der Waals surface area (Å²) in [4.78, 5) is 24.1. The normalized spacial score (nSPS) is 17.1. The van der Waals surface area contributed by atoms with Crippen LogP contribution < -0.4 is 10.2 Å². The maximum atomic E-state index is 13.5. The monoisotopic (exact) mass is 609 g/mol. The molecule has 1 aromatic carbocycles. The van der Waals surface area contributed by atoms with Crippen molar-refractivity contribution in [3.63, 3.8) is 0 Å². The van der Waals surface area contributed by atoms with Crippen LogP contribution in [0.5, 0.6) is 0 Å². The number of aryl methyl sites for hydroxylation is 1. The summed E-state index contributed by atoms with van der Waals surface area (Å²) in [5, 5.41) is 17.9. The number of fused-ring (bicyclic) bond motifs is 1. The number of nitriles is 1. The van der Waals surface area contributed by atoms with Crippen molar-refractivity contribution in [1.29, 1.82) is 5.26 Å². The molecule has 0 unspecified atom stereocenters. The molecule has 4 rings (SSSR count). The van der Waals surface area contributed by atoms with Crippen LogP contribution in [-0.4, -0.2) is 52.9 Å². The summed E-state index contributed by atoms with van der Waals surface area (Å²) in [5.41, 5.74) is 1.80. The highest BCUT2D eigenvalue weighted by atomic mass is 35.5. The van der Waals surface area contributed by atoms with Gasteiger partial charge in [0, 0.05) is 43.4 Å². The van der Waals surface area contributed by atoms with Gasteiger partial charge in [0.1, 0.15) is 17.5 Å². The number of nitrogens with one attached hydrogen (secondary N) is 1. The minimum Gasteiger partial charge on any atom is -0.443 e. The number of rotatable bonds is 6. The van der Waals surface area contributed by atoms with Gasteiger partial charge >= 0.3 is 6.09 Å². The third kappa shape index (κ3) is 6.46. The Hall–Kier alpha value is -3.46. The second kappa shape index (κ2) is 11.0. The molecular weight excluding hydrogens is 570 g/mol. The number of anilines is 3. The number of aromatic nitrogens is 4. The number of benzene rings is 1. The lowest BCUT2D eigenvalue weighted by Crippen LogP contribution is -2.46. The highest BCUT2D eigenvalue weighted by Crippen LogP contribution is 2.47. The summed E-state index contributed by atoms with van der Waals surface area (Å²) in [6, 6.07) is 9.54. The minimum atomic E-state index is -2.12. The van der Waals surface area contributed by atoms with E-state index in [-0.39, 0.29) is 5.04 Å². The molecule has 12 heteroatoms. The fourth-order valence-corrected chi connectivity index (χ4v) is 5.86. The van der Waals surface area contributed by atoms with Gasteiger partial charge < -0.3 is 14.5 Å². The van der Waals surface area contributed by atoms with Crippen LogP contribution in [0.2, 0.25) is 23.3 Å². The molecule has 0 bridgehead atoms. The Balaban J connectivity index is 1.80. The number of halogens is 1. The molecule has 0 spiro atoms. The van der Waals surface area contributed by atoms with Gasteiger partial charge in [0.15, 0.2) is 13.5 Å². The lowest BCUT2D eigenvalue weighted by Gasteiger charge is -2.39. The summed E-state index contributed by atoms with van der Waals surface area (Å²) < 4.78 is 14.1. The maximum absolute atomic E-state index is 13.5. The van der Waals surface area contributed by atoms with Crippen molar-refractivity contribution in [1.82, 2.24) is 19.7 Å². The van der Waals surface area contributed by atoms with Crippen molar-refractivity contribution in [3.8, 4) is 17.3 Å². The molecule has 1 atom stereocenters. The molecule has 0 aliphatic carbocycles. The average molecular weight is 610 g/mol. The highest BCUT2D eigenvalue weighted by molar-refractivity contribution is 6.74. The number of nitrogens with zero attached hydrogens (tertiary/aromatic N) is 6. The first-order valence-corrected chi connectivity index (χ1v) is 17.2. The molecule has 0 saturated heterocycles. The molecule has 10 nitrogen and oxygen atoms in total. The van der Waals surface area contributed by atoms with E-state index in [1.807, 2.05) is 26.8 Å². The van der Waals surface area contributed by atoms with Crippen molar-refractivity contribution in [2.75, 3.05) is 23.4 Å². The summed E-state index contributed by atoms with van der Waals surface area (Å²) in [5.74, 6) is 0.984. The first kappa shape index (κ1) is 31.5. The van der Waals surface area contributed by atoms with Crippen LogP contribution in [0.25, 0.3) is 11.3 Å². The van der Waals surface area contributed by atoms with Gasteiger partial charge in [-0.25, -0.2) is 14.8 Å². The molecule has 0 fully saturated rings. The lowest BCUT2D eigenvalue weighted by molar-refractivity contribution is 0.0575. The van der Waals surface area contributed by atoms with Crippen LogP contribution >= 0.6 is 11.6 Å². The van der Waals surface area contributed by atoms with Crippen LogP contribution in [0.4, 0.5) is 22.2 Å². The smallest absolute Gasteiger partial charge is 0.414 e. The van der Waals surface area contributed by atoms with Gasteiger partial charge in [-0.15, -0.1) is 0 Å². The second-order valence-electron chi connectivity index (χ2n) is 13.6. The van der Waals surface area contributed by atoms with Gasteiger partial charge in [-0.2, -0.15) is 10.4 Å². The molecule has 0 saturated carbocycles. The lowest BCUT2D eigenvalue weighted by atomic mass is 9.83. The Morgan fingerprint density at radius 1 is 1.21 bits per heavy atom. The van der Waals surface area contributed by atoms with Crippen molar-refractivity contribution in [2.24, 2.45) is 7.05 Å². The Morgan fingerprint density at radius 2 is 1.90 bits per heavy atom. The van der Waals surface area contributed by atoms with Gasteiger partial charge in [0.25, 0.3) is 0 Å². The molecule has 1 aliphatic heterocycles. The molecule has 1 N–H and O–H groups in total. The van der Waals surface area contributed by atoms with E-state index in [1.165, 1.54) is 0 Å². The Morgan fingerprint density at radius 3 is 2.48 bits per heavy atom. The molecule has 3 aromatic rings. The largest absolute Gasteiger partial charge is 0.443 e. The summed E-state index contributed by atoms with van der Waals surface area (Å²) in [7, 11) is -0.355. The summed E-state index contributed by atoms with van der Waals surface area (Å²) in [6.45, 7) is 19.3. The van der Waals surface area contributed by atoms with Gasteiger partial charge in [-0.3, -0.25) is 9.58 Å². The molecule has 2 aromatic heterocycles. The van der Waals surface area contributed by atoms with Crippen molar-refractivity contribution in [2.45, 2.75) is 77.6 Å². The van der Waals surface area contributed by atoms with E-state index < -0.39 is 25.4 Å². The molecule has 42 heavy (non-hydrogen) atoms. The number of hydrogen-bond donors (Lipinski definition) is 1. The quantitative estimate of drug-likeness (QED) is 0.292. The van der Waals surface area contributed by atoms with Crippen molar-refractivity contribution < 1.29 is 14.0 Å². The zero-order valence-corrected chi connectivity index (χ0v) is 27.8. The van der Waals surface area contributed by atoms with Crippen LogP contribution in [0.3, 0.4) is 0 Å². The van der Waals surface area contributed by atoms with Gasteiger partial charge in [-0.1, -0.05) is 39.3 Å². The van der Waals surface area contributed by atoms with E-state index in [0.29, 0.717) is 47.0 Å². The van der Waals surface area contributed by atoms with Crippen LogP contribution in [0.15, 0.2) is 30.5 Å². The fraction of sp³-hybridized carbons (Fsp3) is 0.500. The van der Waals surface area contributed by atoms with Gasteiger partial charge in [-0.05, 0) is 62.7 Å². The number of carbonyl (C=O) groups is 1. The molecule has 1 aliphatic rings. The van der Waals surface area contributed by atoms with Crippen LogP contribution in [0, 0.1) is 11.3 Å². The van der Waals surface area contributed by atoms with Crippen LogP contribution in [0.1, 0.15) is 59.6 Å². The summed E-state index contributed by atoms with van der Waals surface area (Å²) >= 11 is 6.03. The molecule has 0 radical (unpaired) electrons. The molecule has 1 amide bonds. The third-order valence-electron chi connectivity index (χ3n) is 7.87. The second-order valence-corrected chi connectivity index (χ2v) is 18.8. The minimum absolute atomic E-state index is 0.0117. The van der Waals surface area contributed by atoms with E-state index in [2.05, 4.69) is 62.3 Å². The Labute approximate surface area is 254 Å². The van der Waals surface area contributed by atoms with E-state index in [1.54, 1.807) is 41.0 Å². The van der Waals surface area contributed by atoms with Gasteiger partial charge in [0.2, 0.25) is 5.95 Å². The first-order chi connectivity index (χ1) is 19.3. The zero-order valence-electron chi connectivity index (χ0n) is 26.1. The number of ether oxygens (including phenoxy) is 1. The Kier molecular flexibility index (Phi) is 8.23. The number of hydrogen-bond acceptors (Lipinski definition) is 8. The standard InChI is InChI=1S/C30H40ClN7O3Si/c1-28(2,3)41-27(39)38-17-30(7,18-40-42(9,10)29(4,5)6)21-14-19(13-20(16-32)25(21)38)22-11-12-33-26(34-22)35-24-15-23(31)36-37(24)8/h11-15H,17-18H2,1-10H3,(H,33,34,35)/t30-/m1/s1. The Bertz CT molecular complexity index is 1550. The zero-order chi connectivity index (χ0) is 31.3. The van der Waals surface area contributed by atoms with Crippen LogP contribution in [-0.2, 0) is 21.6 Å². The number of amides is 1. The molecule has 224 valence electrons. The fourth-order valence-electron chi connectivity index (χ4n) is 4.53. The highest BCUT2D eigenvalue weighted by Gasteiger charge is 2.47. The summed E-state index contributed by atoms with van der Waals surface area (Å²) in [6.07, 6.45) is 1.15. The number of carbonyl (C=O) groups excluding carboxylic acids is 1.